The lowest BCUT2D eigenvalue weighted by Crippen LogP contribution is -2.48. The third-order valence-electron chi connectivity index (χ3n) is 11.8. The van der Waals surface area contributed by atoms with Gasteiger partial charge in [0.1, 0.15) is 23.4 Å². The summed E-state index contributed by atoms with van der Waals surface area (Å²) in [6, 6.07) is 1.27. The quantitative estimate of drug-likeness (QED) is 0.119. The number of ether oxygens (including phenoxy) is 5. The van der Waals surface area contributed by atoms with E-state index in [0.29, 0.717) is 19.6 Å². The van der Waals surface area contributed by atoms with Crippen molar-refractivity contribution in [2.75, 3.05) is 38.7 Å². The summed E-state index contributed by atoms with van der Waals surface area (Å²) in [5.74, 6) is -8.12. The number of aliphatic hydroxyl groups excluding tert-OH is 2. The van der Waals surface area contributed by atoms with Crippen molar-refractivity contribution < 1.29 is 63.3 Å². The number of carbonyl (C=O) groups is 4. The van der Waals surface area contributed by atoms with Crippen LogP contribution in [0.25, 0.3) is 10.8 Å². The third kappa shape index (κ3) is 9.98. The number of Topliss-reactive ketones (excluding diaryl/α,β-unsaturated/α-hetero) is 1. The number of esters is 1. The Hall–Kier alpha value is -5.16. The number of phenolic OH excluding ortho intramolecular Hbond substituents is 2. The van der Waals surface area contributed by atoms with Crippen LogP contribution < -0.4 is 14.8 Å². The summed E-state index contributed by atoms with van der Waals surface area (Å²) in [4.78, 5) is 54.1. The van der Waals surface area contributed by atoms with Gasteiger partial charge in [0, 0.05) is 86.9 Å². The van der Waals surface area contributed by atoms with Crippen molar-refractivity contribution in [3.8, 4) is 23.0 Å². The fourth-order valence-corrected chi connectivity index (χ4v) is 8.06. The van der Waals surface area contributed by atoms with Gasteiger partial charge in [0.15, 0.2) is 12.4 Å². The van der Waals surface area contributed by atoms with Crippen LogP contribution in [0, 0.1) is 30.6 Å². The number of amides is 2. The molecule has 3 aliphatic rings. The number of rotatable bonds is 9. The number of benzene rings is 2. The van der Waals surface area contributed by atoms with Crippen molar-refractivity contribution in [1.82, 2.24) is 10.0 Å². The molecule has 0 aromatic heterocycles. The molecule has 9 atom stereocenters. The minimum absolute atomic E-state index is 0.0624. The topological polar surface area (TPSA) is 214 Å². The fraction of sp³-hybridized carbons (Fsp3) is 0.556. The highest BCUT2D eigenvalue weighted by atomic mass is 16.7. The molecule has 0 aliphatic carbocycles. The number of aliphatic hydroxyl groups is 2. The first-order valence-corrected chi connectivity index (χ1v) is 20.7. The lowest BCUT2D eigenvalue weighted by atomic mass is 9.78. The van der Waals surface area contributed by atoms with E-state index in [2.05, 4.69) is 5.32 Å². The Morgan fingerprint density at radius 2 is 1.57 bits per heavy atom. The number of hydrazine groups is 1. The number of methoxy groups -OCH3 is 1. The van der Waals surface area contributed by atoms with E-state index < -0.39 is 95.5 Å². The van der Waals surface area contributed by atoms with Gasteiger partial charge in [-0.3, -0.25) is 24.2 Å². The van der Waals surface area contributed by atoms with E-state index in [1.165, 1.54) is 64.3 Å². The van der Waals surface area contributed by atoms with Crippen LogP contribution in [0.2, 0.25) is 0 Å². The lowest BCUT2D eigenvalue weighted by Gasteiger charge is -2.38. The number of nitrogens with one attached hydrogen (secondary N) is 1. The first-order valence-electron chi connectivity index (χ1n) is 20.7. The second-order valence-electron chi connectivity index (χ2n) is 15.9. The summed E-state index contributed by atoms with van der Waals surface area (Å²) in [7, 11) is 1.44. The molecule has 0 unspecified atom stereocenters. The average Bonchev–Trinajstić information content (AvgIpc) is 3.49. The van der Waals surface area contributed by atoms with Gasteiger partial charge < -0.3 is 49.4 Å². The second-order valence-corrected chi connectivity index (χ2v) is 15.9. The van der Waals surface area contributed by atoms with Crippen LogP contribution >= 0.6 is 0 Å². The van der Waals surface area contributed by atoms with Crippen LogP contribution in [0.15, 0.2) is 42.2 Å². The molecular formula is C45H63N3O13. The van der Waals surface area contributed by atoms with Gasteiger partial charge in [0.05, 0.1) is 41.2 Å². The summed E-state index contributed by atoms with van der Waals surface area (Å²) >= 11 is 0. The molecule has 0 fully saturated rings. The number of carbonyl (C=O) groups excluding carboxylic acids is 4. The van der Waals surface area contributed by atoms with Crippen molar-refractivity contribution in [2.45, 2.75) is 106 Å². The summed E-state index contributed by atoms with van der Waals surface area (Å²) < 4.78 is 29.9. The average molecular weight is 854 g/mol. The van der Waals surface area contributed by atoms with E-state index in [0.717, 1.165) is 0 Å². The van der Waals surface area contributed by atoms with E-state index in [9.17, 15) is 39.6 Å². The van der Waals surface area contributed by atoms with Gasteiger partial charge in [0.25, 0.3) is 17.6 Å². The Bertz CT molecular complexity index is 2060. The zero-order chi connectivity index (χ0) is 45.7. The zero-order valence-corrected chi connectivity index (χ0v) is 37.3. The Kier molecular flexibility index (Phi) is 16.0. The number of aromatic hydroxyl groups is 2. The third-order valence-corrected chi connectivity index (χ3v) is 11.8. The Morgan fingerprint density at radius 3 is 2.16 bits per heavy atom. The van der Waals surface area contributed by atoms with Gasteiger partial charge in [-0.1, -0.05) is 59.8 Å². The van der Waals surface area contributed by atoms with Crippen molar-refractivity contribution in [3.63, 3.8) is 0 Å². The Balaban J connectivity index is 1.94. The SMILES string of the molecule is CCN(CC)N(CC)C(=O)COc1cc2c(O)c3c(O)c(C)c4c(c13)C(=O)[C@@](C)(O/C=C/[C@H](OC)[C@@H](C)[C@@H](OC(C)=O)[C@H](C)[C@H](O)[C@H](C)[C@@H](O)[C@@H](C)/C=C/C=C(/C)C(=O)N2)O4. The second kappa shape index (κ2) is 20.1. The Labute approximate surface area is 357 Å². The van der Waals surface area contributed by atoms with Gasteiger partial charge >= 0.3 is 11.8 Å². The number of phenols is 2. The number of hydrogen-bond acceptors (Lipinski definition) is 14. The number of likely N-dealkylation sites (N-methyl/N-ethyl adjacent to an activating group) is 1. The van der Waals surface area contributed by atoms with Crippen molar-refractivity contribution in [2.24, 2.45) is 23.7 Å². The molecule has 16 heteroatoms. The normalized spacial score (nSPS) is 29.3. The van der Waals surface area contributed by atoms with Crippen molar-refractivity contribution in [3.05, 3.63) is 53.3 Å². The smallest absolute Gasteiger partial charge is 0.312 e. The van der Waals surface area contributed by atoms with E-state index in [4.69, 9.17) is 23.7 Å². The van der Waals surface area contributed by atoms with E-state index >= 15 is 0 Å². The van der Waals surface area contributed by atoms with Crippen LogP contribution in [0.4, 0.5) is 5.69 Å². The molecule has 3 aliphatic heterocycles. The molecule has 5 N–H and O–H groups in total. The molecule has 0 saturated heterocycles. The lowest BCUT2D eigenvalue weighted by molar-refractivity contribution is -0.160. The molecular weight excluding hydrogens is 791 g/mol. The van der Waals surface area contributed by atoms with Crippen LogP contribution in [-0.4, -0.2) is 118 Å². The Morgan fingerprint density at radius 1 is 0.918 bits per heavy atom. The molecule has 3 heterocycles. The molecule has 5 bridgehead atoms. The number of allylic oxidation sites excluding steroid dienone is 2. The molecule has 2 aromatic rings. The maximum atomic E-state index is 14.6. The van der Waals surface area contributed by atoms with Gasteiger partial charge in [-0.2, -0.15) is 0 Å². The highest BCUT2D eigenvalue weighted by molar-refractivity contribution is 6.21. The summed E-state index contributed by atoms with van der Waals surface area (Å²) in [6.07, 6.45) is 3.59. The number of hydrogen-bond donors (Lipinski definition) is 5. The van der Waals surface area contributed by atoms with Crippen LogP contribution in [0.1, 0.15) is 85.2 Å². The van der Waals surface area contributed by atoms with Gasteiger partial charge in [-0.15, -0.1) is 0 Å². The van der Waals surface area contributed by atoms with Gasteiger partial charge in [0.2, 0.25) is 0 Å². The molecule has 0 spiro atoms. The van der Waals surface area contributed by atoms with Gasteiger partial charge in [-0.05, 0) is 26.8 Å². The molecule has 16 nitrogen and oxygen atoms in total. The minimum Gasteiger partial charge on any atom is -0.507 e. The maximum Gasteiger partial charge on any atom is 0.312 e. The van der Waals surface area contributed by atoms with E-state index in [1.807, 2.05) is 25.8 Å². The predicted molar refractivity (Wildman–Crippen MR) is 228 cm³/mol. The monoisotopic (exact) mass is 853 g/mol. The first kappa shape index (κ1) is 48.5. The van der Waals surface area contributed by atoms with Crippen LogP contribution in [-0.2, 0) is 28.6 Å². The number of fused-ring (bicyclic) bond motifs is 14. The molecule has 5 rings (SSSR count). The van der Waals surface area contributed by atoms with Crippen molar-refractivity contribution in [1.29, 1.82) is 0 Å². The molecule has 2 aromatic carbocycles. The van der Waals surface area contributed by atoms with Crippen LogP contribution in [0.5, 0.6) is 23.0 Å². The standard InChI is InChI=1S/C45H63N3O13/c1-13-47(14-2)48(15-3)33(50)22-58-32-21-30-40(54)35-34(32)36-42(28(9)39(35)53)61-45(11,43(36)55)59-20-19-31(57-12)25(6)41(60-29(10)49)27(8)38(52)26(7)37(51)23(4)17-16-18-24(5)44(56)46-30/h16-21,23,25-27,31,37-38,41,51-54H,13-15,22H2,1-12H3,(H,46,56)/b17-16+,20-19+,24-18-/t23-,25+,26+,27+,31-,37-,38+,41+,45-/m0/s1. The number of ketones is 1. The maximum absolute atomic E-state index is 14.6. The number of anilines is 1. The molecule has 61 heavy (non-hydrogen) atoms. The predicted octanol–water partition coefficient (Wildman–Crippen LogP) is 5.53. The molecule has 0 radical (unpaired) electrons. The van der Waals surface area contributed by atoms with Crippen molar-refractivity contribution >= 4 is 40.0 Å². The van der Waals surface area contributed by atoms with E-state index in [-0.39, 0.29) is 44.7 Å². The zero-order valence-electron chi connectivity index (χ0n) is 37.3. The summed E-state index contributed by atoms with van der Waals surface area (Å²) in [5.41, 5.74) is -0.0287. The van der Waals surface area contributed by atoms with E-state index in [1.54, 1.807) is 39.8 Å². The fourth-order valence-electron chi connectivity index (χ4n) is 8.06. The number of nitrogens with zero attached hydrogens (tertiary/aromatic N) is 2. The highest BCUT2D eigenvalue weighted by Gasteiger charge is 2.50. The molecule has 0 saturated carbocycles. The molecule has 336 valence electrons. The first-order chi connectivity index (χ1) is 28.7. The summed E-state index contributed by atoms with van der Waals surface area (Å²) in [6.45, 7) is 19.1. The van der Waals surface area contributed by atoms with Crippen LogP contribution in [0.3, 0.4) is 0 Å². The largest absolute Gasteiger partial charge is 0.507 e. The van der Waals surface area contributed by atoms with Gasteiger partial charge in [-0.25, -0.2) is 5.01 Å². The minimum atomic E-state index is -2.03. The summed E-state index contributed by atoms with van der Waals surface area (Å²) in [5, 5.41) is 52.0. The highest BCUT2D eigenvalue weighted by Crippen LogP contribution is 2.54. The molecule has 2 amide bonds.